The molecular formula is C23H27N3O2S. The van der Waals surface area contributed by atoms with Gasteiger partial charge in [0.25, 0.3) is 0 Å². The number of aromatic nitrogens is 1. The molecule has 3 aromatic rings. The molecule has 0 atom stereocenters. The number of hydrogen-bond donors (Lipinski definition) is 2. The van der Waals surface area contributed by atoms with E-state index in [-0.39, 0.29) is 5.91 Å². The molecule has 0 aliphatic rings. The van der Waals surface area contributed by atoms with E-state index in [1.807, 2.05) is 30.3 Å². The fourth-order valence-corrected chi connectivity index (χ4v) is 3.23. The van der Waals surface area contributed by atoms with E-state index in [0.717, 1.165) is 35.2 Å². The minimum Gasteiger partial charge on any atom is -0.440 e. The Morgan fingerprint density at radius 1 is 1.17 bits per heavy atom. The summed E-state index contributed by atoms with van der Waals surface area (Å²) in [5.41, 5.74) is 4.88. The molecule has 0 spiro atoms. The van der Waals surface area contributed by atoms with Crippen molar-refractivity contribution in [1.82, 2.24) is 10.3 Å². The highest BCUT2D eigenvalue weighted by atomic mass is 32.1. The maximum absolute atomic E-state index is 11.7. The van der Waals surface area contributed by atoms with Crippen molar-refractivity contribution in [2.24, 2.45) is 0 Å². The number of thiocarbonyl (C=S) groups is 1. The lowest BCUT2D eigenvalue weighted by molar-refractivity contribution is -0.119. The minimum atomic E-state index is -0.0578. The second-order valence-electron chi connectivity index (χ2n) is 7.47. The molecular weight excluding hydrogens is 382 g/mol. The van der Waals surface area contributed by atoms with E-state index in [1.54, 1.807) is 0 Å². The molecule has 3 rings (SSSR count). The number of amides is 1. The van der Waals surface area contributed by atoms with Crippen LogP contribution in [0.25, 0.3) is 11.1 Å². The molecule has 0 aliphatic carbocycles. The third-order valence-electron chi connectivity index (χ3n) is 4.70. The first-order chi connectivity index (χ1) is 13.9. The predicted octanol–water partition coefficient (Wildman–Crippen LogP) is 5.55. The number of nitrogens with one attached hydrogen (secondary N) is 2. The maximum atomic E-state index is 11.7. The summed E-state index contributed by atoms with van der Waals surface area (Å²) in [4.78, 5) is 16.4. The molecule has 2 N–H and O–H groups in total. The Bertz CT molecular complexity index is 993. The Morgan fingerprint density at radius 2 is 1.93 bits per heavy atom. The van der Waals surface area contributed by atoms with Crippen LogP contribution in [0.1, 0.15) is 63.0 Å². The average molecular weight is 410 g/mol. The summed E-state index contributed by atoms with van der Waals surface area (Å²) in [5, 5.41) is 6.06. The number of oxazole rings is 1. The van der Waals surface area contributed by atoms with Crippen LogP contribution in [0, 0.1) is 0 Å². The van der Waals surface area contributed by atoms with Crippen molar-refractivity contribution in [3.8, 4) is 0 Å². The lowest BCUT2D eigenvalue weighted by Crippen LogP contribution is -2.33. The van der Waals surface area contributed by atoms with E-state index in [1.165, 1.54) is 5.56 Å². The van der Waals surface area contributed by atoms with E-state index in [9.17, 15) is 4.79 Å². The maximum Gasteiger partial charge on any atom is 0.226 e. The largest absolute Gasteiger partial charge is 0.440 e. The molecule has 6 heteroatoms. The number of carbonyl (C=O) groups is 1. The Labute approximate surface area is 176 Å². The van der Waals surface area contributed by atoms with Gasteiger partial charge in [-0.25, -0.2) is 4.98 Å². The second kappa shape index (κ2) is 9.65. The predicted molar refractivity (Wildman–Crippen MR) is 121 cm³/mol. The zero-order valence-corrected chi connectivity index (χ0v) is 17.9. The fourth-order valence-electron chi connectivity index (χ4n) is 3.00. The lowest BCUT2D eigenvalue weighted by atomic mass is 10.0. The van der Waals surface area contributed by atoms with Crippen LogP contribution in [0.2, 0.25) is 0 Å². The molecule has 1 amide bonds. The van der Waals surface area contributed by atoms with Gasteiger partial charge in [0.15, 0.2) is 16.6 Å². The summed E-state index contributed by atoms with van der Waals surface area (Å²) >= 11 is 5.20. The number of rotatable bonds is 7. The average Bonchev–Trinajstić information content (AvgIpc) is 3.09. The van der Waals surface area contributed by atoms with Crippen LogP contribution < -0.4 is 10.6 Å². The van der Waals surface area contributed by atoms with Crippen molar-refractivity contribution < 1.29 is 9.21 Å². The van der Waals surface area contributed by atoms with Gasteiger partial charge in [-0.15, -0.1) is 0 Å². The van der Waals surface area contributed by atoms with E-state index >= 15 is 0 Å². The van der Waals surface area contributed by atoms with Crippen molar-refractivity contribution in [2.75, 3.05) is 5.32 Å². The zero-order valence-electron chi connectivity index (χ0n) is 17.1. The van der Waals surface area contributed by atoms with Crippen molar-refractivity contribution in [1.29, 1.82) is 0 Å². The van der Waals surface area contributed by atoms with Gasteiger partial charge in [0.05, 0.1) is 0 Å². The molecule has 29 heavy (non-hydrogen) atoms. The monoisotopic (exact) mass is 409 g/mol. The standard InChI is InChI=1S/C23H27N3O2S/c1-4-5-6-21(27)26-23(29)24-18-10-7-16(8-11-18)13-22-25-19-14-17(15(2)3)9-12-20(19)28-22/h7-12,14-15H,4-6,13H2,1-3H3,(H2,24,26,27,29). The molecule has 0 bridgehead atoms. The normalized spacial score (nSPS) is 11.0. The number of benzene rings is 2. The molecule has 0 fully saturated rings. The van der Waals surface area contributed by atoms with E-state index in [4.69, 9.17) is 16.6 Å². The Hall–Kier alpha value is -2.73. The van der Waals surface area contributed by atoms with Gasteiger partial charge in [0, 0.05) is 18.5 Å². The van der Waals surface area contributed by atoms with E-state index in [2.05, 4.69) is 48.5 Å². The van der Waals surface area contributed by atoms with Gasteiger partial charge in [-0.3, -0.25) is 4.79 Å². The summed E-state index contributed by atoms with van der Waals surface area (Å²) in [5.74, 6) is 1.10. The molecule has 1 aromatic heterocycles. The third kappa shape index (κ3) is 5.87. The van der Waals surface area contributed by atoms with Gasteiger partial charge in [0.1, 0.15) is 5.52 Å². The zero-order chi connectivity index (χ0) is 20.8. The van der Waals surface area contributed by atoms with Crippen molar-refractivity contribution in [3.63, 3.8) is 0 Å². The van der Waals surface area contributed by atoms with Crippen molar-refractivity contribution in [3.05, 3.63) is 59.5 Å². The number of unbranched alkanes of at least 4 members (excludes halogenated alkanes) is 1. The molecule has 0 unspecified atom stereocenters. The third-order valence-corrected chi connectivity index (χ3v) is 4.90. The SMILES string of the molecule is CCCCC(=O)NC(=S)Nc1ccc(Cc2nc3cc(C(C)C)ccc3o2)cc1. The molecule has 0 radical (unpaired) electrons. The van der Waals surface area contributed by atoms with Gasteiger partial charge >= 0.3 is 0 Å². The van der Waals surface area contributed by atoms with Crippen LogP contribution >= 0.6 is 12.2 Å². The molecule has 0 saturated heterocycles. The number of fused-ring (bicyclic) bond motifs is 1. The first-order valence-electron chi connectivity index (χ1n) is 10.0. The van der Waals surface area contributed by atoms with Gasteiger partial charge in [0.2, 0.25) is 5.91 Å². The van der Waals surface area contributed by atoms with Crippen LogP contribution in [0.4, 0.5) is 5.69 Å². The molecule has 0 saturated carbocycles. The minimum absolute atomic E-state index is 0.0578. The first-order valence-corrected chi connectivity index (χ1v) is 10.4. The van der Waals surface area contributed by atoms with Gasteiger partial charge in [-0.2, -0.15) is 0 Å². The quantitative estimate of drug-likeness (QED) is 0.501. The fraction of sp³-hybridized carbons (Fsp3) is 0.348. The van der Waals surface area contributed by atoms with Crippen LogP contribution in [-0.4, -0.2) is 16.0 Å². The highest BCUT2D eigenvalue weighted by molar-refractivity contribution is 7.80. The number of hydrogen-bond acceptors (Lipinski definition) is 4. The van der Waals surface area contributed by atoms with Crippen molar-refractivity contribution in [2.45, 2.75) is 52.4 Å². The Balaban J connectivity index is 1.59. The lowest BCUT2D eigenvalue weighted by Gasteiger charge is -2.09. The molecule has 5 nitrogen and oxygen atoms in total. The topological polar surface area (TPSA) is 67.2 Å². The van der Waals surface area contributed by atoms with Gasteiger partial charge < -0.3 is 15.1 Å². The summed E-state index contributed by atoms with van der Waals surface area (Å²) in [6.45, 7) is 6.38. The van der Waals surface area contributed by atoms with Crippen LogP contribution in [0.3, 0.4) is 0 Å². The Kier molecular flexibility index (Phi) is 6.99. The number of carbonyl (C=O) groups excluding carboxylic acids is 1. The summed E-state index contributed by atoms with van der Waals surface area (Å²) in [7, 11) is 0. The van der Waals surface area contributed by atoms with Gasteiger partial charge in [-0.05, 0) is 59.9 Å². The highest BCUT2D eigenvalue weighted by Gasteiger charge is 2.09. The van der Waals surface area contributed by atoms with Crippen molar-refractivity contribution >= 4 is 40.0 Å². The summed E-state index contributed by atoms with van der Waals surface area (Å²) in [6.07, 6.45) is 2.94. The molecule has 2 aromatic carbocycles. The molecule has 1 heterocycles. The highest BCUT2D eigenvalue weighted by Crippen LogP contribution is 2.23. The smallest absolute Gasteiger partial charge is 0.226 e. The van der Waals surface area contributed by atoms with Crippen LogP contribution in [-0.2, 0) is 11.2 Å². The molecule has 0 aliphatic heterocycles. The number of nitrogens with zero attached hydrogens (tertiary/aromatic N) is 1. The first kappa shape index (κ1) is 21.0. The van der Waals surface area contributed by atoms with E-state index in [0.29, 0.717) is 29.8 Å². The summed E-state index contributed by atoms with van der Waals surface area (Å²) in [6, 6.07) is 14.0. The van der Waals surface area contributed by atoms with Gasteiger partial charge in [-0.1, -0.05) is 45.4 Å². The van der Waals surface area contributed by atoms with E-state index < -0.39 is 0 Å². The van der Waals surface area contributed by atoms with Crippen LogP contribution in [0.15, 0.2) is 46.9 Å². The second-order valence-corrected chi connectivity index (χ2v) is 7.88. The molecule has 152 valence electrons. The Morgan fingerprint density at radius 3 is 2.62 bits per heavy atom. The number of anilines is 1. The summed E-state index contributed by atoms with van der Waals surface area (Å²) < 4.78 is 5.88. The van der Waals surface area contributed by atoms with Crippen LogP contribution in [0.5, 0.6) is 0 Å².